The molecule has 0 spiro atoms. The smallest absolute Gasteiger partial charge is 0.300 e. The van der Waals surface area contributed by atoms with Gasteiger partial charge in [-0.2, -0.15) is 0 Å². The summed E-state index contributed by atoms with van der Waals surface area (Å²) < 4.78 is 5.54. The van der Waals surface area contributed by atoms with Crippen molar-refractivity contribution >= 4 is 34.0 Å². The van der Waals surface area contributed by atoms with Gasteiger partial charge in [0.1, 0.15) is 11.5 Å². The molecule has 1 amide bonds. The zero-order chi connectivity index (χ0) is 25.6. The molecule has 1 aliphatic heterocycles. The summed E-state index contributed by atoms with van der Waals surface area (Å²) in [6, 6.07) is 21.3. The summed E-state index contributed by atoms with van der Waals surface area (Å²) in [5.74, 6) is -0.922. The fraction of sp³-hybridized carbons (Fsp3) is 0.200. The van der Waals surface area contributed by atoms with E-state index >= 15 is 0 Å². The number of methoxy groups -OCH3 is 1. The van der Waals surface area contributed by atoms with Gasteiger partial charge in [-0.3, -0.25) is 14.5 Å². The number of rotatable bonds is 4. The fourth-order valence-corrected chi connectivity index (χ4v) is 4.90. The van der Waals surface area contributed by atoms with E-state index in [0.29, 0.717) is 17.0 Å². The van der Waals surface area contributed by atoms with Gasteiger partial charge in [-0.25, -0.2) is 0 Å². The minimum atomic E-state index is -0.802. The van der Waals surface area contributed by atoms with Gasteiger partial charge in [-0.1, -0.05) is 57.2 Å². The maximum Gasteiger partial charge on any atom is 0.300 e. The lowest BCUT2D eigenvalue weighted by Crippen LogP contribution is -2.29. The highest BCUT2D eigenvalue weighted by Gasteiger charge is 2.47. The number of hydrogen-bond donors (Lipinski definition) is 2. The molecule has 6 heteroatoms. The van der Waals surface area contributed by atoms with Crippen molar-refractivity contribution in [1.82, 2.24) is 4.98 Å². The largest absolute Gasteiger partial charge is 0.507 e. The van der Waals surface area contributed by atoms with Crippen LogP contribution in [0.4, 0.5) is 5.69 Å². The summed E-state index contributed by atoms with van der Waals surface area (Å²) in [5, 5.41) is 12.5. The number of benzene rings is 3. The van der Waals surface area contributed by atoms with Crippen molar-refractivity contribution in [3.05, 3.63) is 101 Å². The first-order chi connectivity index (χ1) is 17.2. The molecule has 1 saturated heterocycles. The number of carbonyl (C=O) groups excluding carboxylic acids is 2. The number of anilines is 1. The van der Waals surface area contributed by atoms with Crippen molar-refractivity contribution < 1.29 is 19.4 Å². The van der Waals surface area contributed by atoms with Crippen LogP contribution in [0.3, 0.4) is 0 Å². The number of nitrogens with one attached hydrogen (secondary N) is 1. The molecule has 0 radical (unpaired) electrons. The number of hydrogen-bond acceptors (Lipinski definition) is 4. The van der Waals surface area contributed by atoms with E-state index in [1.807, 2.05) is 48.5 Å². The maximum absolute atomic E-state index is 13.5. The van der Waals surface area contributed by atoms with E-state index in [0.717, 1.165) is 22.0 Å². The number of fused-ring (bicyclic) bond motifs is 1. The van der Waals surface area contributed by atoms with Crippen LogP contribution in [0.15, 0.2) is 84.6 Å². The van der Waals surface area contributed by atoms with E-state index in [1.54, 1.807) is 37.6 Å². The third-order valence-electron chi connectivity index (χ3n) is 6.68. The second-order valence-electron chi connectivity index (χ2n) is 9.96. The molecule has 2 N–H and O–H groups in total. The van der Waals surface area contributed by atoms with Crippen LogP contribution >= 0.6 is 0 Å². The summed E-state index contributed by atoms with van der Waals surface area (Å²) in [5.41, 5.74) is 3.32. The number of aromatic amines is 1. The Balaban J connectivity index is 1.77. The van der Waals surface area contributed by atoms with Crippen LogP contribution in [-0.2, 0) is 15.0 Å². The summed E-state index contributed by atoms with van der Waals surface area (Å²) in [7, 11) is 1.60. The molecule has 0 saturated carbocycles. The number of carbonyl (C=O) groups is 2. The normalized spacial score (nSPS) is 17.7. The van der Waals surface area contributed by atoms with Crippen LogP contribution in [0.2, 0.25) is 0 Å². The van der Waals surface area contributed by atoms with E-state index in [1.165, 1.54) is 4.90 Å². The molecule has 0 aliphatic carbocycles. The van der Waals surface area contributed by atoms with Crippen molar-refractivity contribution in [3.8, 4) is 5.75 Å². The summed E-state index contributed by atoms with van der Waals surface area (Å²) in [6.45, 7) is 6.15. The molecule has 0 bridgehead atoms. The lowest BCUT2D eigenvalue weighted by atomic mass is 9.84. The van der Waals surface area contributed by atoms with E-state index in [2.05, 4.69) is 25.8 Å². The van der Waals surface area contributed by atoms with Crippen molar-refractivity contribution in [2.45, 2.75) is 32.2 Å². The highest BCUT2D eigenvalue weighted by atomic mass is 16.5. The van der Waals surface area contributed by atoms with Gasteiger partial charge in [0.2, 0.25) is 0 Å². The number of Topliss-reactive ketones (excluding diaryl/α,β-unsaturated/α-hetero) is 1. The second kappa shape index (κ2) is 8.72. The van der Waals surface area contributed by atoms with Crippen molar-refractivity contribution in [2.75, 3.05) is 12.0 Å². The number of para-hydroxylation sites is 2. The van der Waals surface area contributed by atoms with Crippen LogP contribution in [0.5, 0.6) is 5.75 Å². The Morgan fingerprint density at radius 3 is 2.36 bits per heavy atom. The predicted octanol–water partition coefficient (Wildman–Crippen LogP) is 6.10. The Bertz CT molecular complexity index is 1510. The van der Waals surface area contributed by atoms with Gasteiger partial charge in [0.05, 0.1) is 18.7 Å². The maximum atomic E-state index is 13.5. The molecule has 36 heavy (non-hydrogen) atoms. The van der Waals surface area contributed by atoms with Gasteiger partial charge in [0.15, 0.2) is 0 Å². The summed E-state index contributed by atoms with van der Waals surface area (Å²) >= 11 is 0. The molecule has 4 aromatic rings. The molecular formula is C30H28N2O4. The molecule has 6 nitrogen and oxygen atoms in total. The van der Waals surface area contributed by atoms with E-state index in [-0.39, 0.29) is 16.7 Å². The Morgan fingerprint density at radius 2 is 1.67 bits per heavy atom. The topological polar surface area (TPSA) is 82.6 Å². The number of aromatic nitrogens is 1. The van der Waals surface area contributed by atoms with Gasteiger partial charge < -0.3 is 14.8 Å². The van der Waals surface area contributed by atoms with Gasteiger partial charge in [-0.15, -0.1) is 0 Å². The number of ketones is 1. The lowest BCUT2D eigenvalue weighted by Gasteiger charge is -2.25. The minimum absolute atomic E-state index is 0.0543. The van der Waals surface area contributed by atoms with E-state index in [9.17, 15) is 14.7 Å². The minimum Gasteiger partial charge on any atom is -0.507 e. The van der Waals surface area contributed by atoms with E-state index < -0.39 is 17.7 Å². The molecule has 1 fully saturated rings. The van der Waals surface area contributed by atoms with Crippen molar-refractivity contribution in [3.63, 3.8) is 0 Å². The predicted molar refractivity (Wildman–Crippen MR) is 141 cm³/mol. The van der Waals surface area contributed by atoms with Gasteiger partial charge in [-0.05, 0) is 41.8 Å². The molecule has 3 aromatic carbocycles. The number of amides is 1. The number of ether oxygens (including phenoxy) is 1. The molecular weight excluding hydrogens is 452 g/mol. The number of H-pyrrole nitrogens is 1. The van der Waals surface area contributed by atoms with Gasteiger partial charge >= 0.3 is 0 Å². The zero-order valence-electron chi connectivity index (χ0n) is 20.7. The van der Waals surface area contributed by atoms with Crippen LogP contribution < -0.4 is 9.64 Å². The molecule has 1 unspecified atom stereocenters. The zero-order valence-corrected chi connectivity index (χ0v) is 20.7. The van der Waals surface area contributed by atoms with Crippen LogP contribution in [0.25, 0.3) is 16.7 Å². The standard InChI is InChI=1S/C30H28N2O4/c1-30(2,3)22-16-18(14-15-24(22)36-4)27(33)25-26(21-17-31-23-13-9-8-12-20(21)23)32(29(35)28(25)34)19-10-6-5-7-11-19/h5-17,26,31,33H,1-4H3/b27-25+. The van der Waals surface area contributed by atoms with Gasteiger partial charge in [0.25, 0.3) is 11.7 Å². The molecule has 2 heterocycles. The van der Waals surface area contributed by atoms with Crippen molar-refractivity contribution in [1.29, 1.82) is 0 Å². The Morgan fingerprint density at radius 1 is 0.972 bits per heavy atom. The van der Waals surface area contributed by atoms with E-state index in [4.69, 9.17) is 4.74 Å². The SMILES string of the molecule is COc1ccc(/C(O)=C2\C(=O)C(=O)N(c3ccccc3)C2c2c[nH]c3ccccc23)cc1C(C)(C)C. The van der Waals surface area contributed by atoms with Crippen LogP contribution in [-0.4, -0.2) is 28.9 Å². The van der Waals surface area contributed by atoms with Crippen LogP contribution in [0.1, 0.15) is 43.5 Å². The number of nitrogens with zero attached hydrogens (tertiary/aromatic N) is 1. The highest BCUT2D eigenvalue weighted by Crippen LogP contribution is 2.44. The average Bonchev–Trinajstić information content (AvgIpc) is 3.41. The monoisotopic (exact) mass is 480 g/mol. The number of aliphatic hydroxyl groups is 1. The molecule has 1 aliphatic rings. The Kier molecular flexibility index (Phi) is 5.67. The molecule has 1 aromatic heterocycles. The quantitative estimate of drug-likeness (QED) is 0.210. The first-order valence-electron chi connectivity index (χ1n) is 11.8. The first kappa shape index (κ1) is 23.4. The molecule has 5 rings (SSSR count). The lowest BCUT2D eigenvalue weighted by molar-refractivity contribution is -0.132. The summed E-state index contributed by atoms with van der Waals surface area (Å²) in [4.78, 5) is 31.6. The first-order valence-corrected chi connectivity index (χ1v) is 11.8. The summed E-state index contributed by atoms with van der Waals surface area (Å²) in [6.07, 6.45) is 1.80. The second-order valence-corrected chi connectivity index (χ2v) is 9.96. The highest BCUT2D eigenvalue weighted by molar-refractivity contribution is 6.51. The Labute approximate surface area is 209 Å². The van der Waals surface area contributed by atoms with Crippen molar-refractivity contribution in [2.24, 2.45) is 0 Å². The molecule has 1 atom stereocenters. The average molecular weight is 481 g/mol. The third kappa shape index (κ3) is 3.75. The third-order valence-corrected chi connectivity index (χ3v) is 6.68. The number of aliphatic hydroxyl groups excluding tert-OH is 1. The van der Waals surface area contributed by atoms with Gasteiger partial charge in [0, 0.05) is 39.5 Å². The fourth-order valence-electron chi connectivity index (χ4n) is 4.90. The molecule has 182 valence electrons. The Hall–Kier alpha value is -4.32. The van der Waals surface area contributed by atoms with Crippen LogP contribution in [0, 0.1) is 0 Å².